The highest BCUT2D eigenvalue weighted by Gasteiger charge is 2.23. The number of hydrogen-bond donors (Lipinski definition) is 0. The molecule has 0 bridgehead atoms. The van der Waals surface area contributed by atoms with Gasteiger partial charge in [0, 0.05) is 50.1 Å². The van der Waals surface area contributed by atoms with Gasteiger partial charge in [-0.25, -0.2) is 9.59 Å². The number of terminal acetylenes is 1. The zero-order valence-electron chi connectivity index (χ0n) is 90.9. The SMILES string of the molecule is C#Cc1c(C)c(C)c(OCC)c(C)c1C.C=C(C)C(=O)OCOc1c(C)c(C)c(C#Cc2c(C)c(C)c(OCOC(=O)C(=C)C)c(C)c2C)c(C)c1C.C=C(C)C(C)=O.C=C(C)C(C)=O.CCC.CCOc1c(C)c(C)c(C#Cc2c(C)c(C)c(CC)c(C)c2C)c(C)c1C.CCc1c(C)c(C)c(C#Cc2c(C)c(C)c(C)c(C)c2C)c(C)c1C.Cc1c(C)c(C)c(C)c(C)c1C. The van der Waals surface area contributed by atoms with Crippen molar-refractivity contribution < 1.29 is 47.6 Å². The van der Waals surface area contributed by atoms with Gasteiger partial charge in [0.1, 0.15) is 23.0 Å². The first-order chi connectivity index (χ1) is 61.2. The average Bonchev–Trinajstić information content (AvgIpc) is 0.777. The van der Waals surface area contributed by atoms with Crippen LogP contribution in [0.3, 0.4) is 0 Å². The average molecular weight is 1790 g/mol. The summed E-state index contributed by atoms with van der Waals surface area (Å²) in [7, 11) is 0. The van der Waals surface area contributed by atoms with E-state index in [1.54, 1.807) is 27.7 Å². The van der Waals surface area contributed by atoms with E-state index < -0.39 is 11.9 Å². The lowest BCUT2D eigenvalue weighted by atomic mass is 9.87. The predicted octanol–water partition coefficient (Wildman–Crippen LogP) is 30.0. The number of carbonyl (C=O) groups is 4. The second-order valence-corrected chi connectivity index (χ2v) is 35.6. The first-order valence-corrected chi connectivity index (χ1v) is 46.4. The Kier molecular flexibility index (Phi) is 48.3. The highest BCUT2D eigenvalue weighted by molar-refractivity contribution is 5.92. The number of Topliss-reactive ketones (excluding diaryl/α,β-unsaturated/α-hetero) is 2. The van der Waals surface area contributed by atoms with E-state index in [0.717, 1.165) is 113 Å². The van der Waals surface area contributed by atoms with Gasteiger partial charge in [-0.3, -0.25) is 9.59 Å². The molecule has 0 saturated carbocycles. The van der Waals surface area contributed by atoms with Crippen LogP contribution in [0.25, 0.3) is 0 Å². The van der Waals surface area contributed by atoms with E-state index in [-0.39, 0.29) is 25.2 Å². The van der Waals surface area contributed by atoms with E-state index in [9.17, 15) is 19.2 Å². The maximum absolute atomic E-state index is 11.7. The number of rotatable bonds is 16. The molecule has 8 aromatic carbocycles. The third kappa shape index (κ3) is 29.5. The molecule has 0 fully saturated rings. The Balaban J connectivity index is 0.000000823. The molecule has 0 aromatic heterocycles. The zero-order valence-corrected chi connectivity index (χ0v) is 90.9. The second kappa shape index (κ2) is 53.8. The number of ether oxygens (including phenoxy) is 6. The summed E-state index contributed by atoms with van der Waals surface area (Å²) in [5.74, 6) is 26.2. The quantitative estimate of drug-likeness (QED) is 0.0400. The molecule has 0 radical (unpaired) electrons. The molecule has 0 unspecified atom stereocenters. The third-order valence-corrected chi connectivity index (χ3v) is 27.2. The van der Waals surface area contributed by atoms with Gasteiger partial charge in [0.2, 0.25) is 13.6 Å². The fourth-order valence-corrected chi connectivity index (χ4v) is 15.5. The van der Waals surface area contributed by atoms with Gasteiger partial charge in [-0.1, -0.05) is 102 Å². The Labute approximate surface area is 801 Å². The van der Waals surface area contributed by atoms with Crippen LogP contribution < -0.4 is 18.9 Å². The summed E-state index contributed by atoms with van der Waals surface area (Å²) in [6.07, 6.45) is 8.93. The minimum Gasteiger partial charge on any atom is -0.493 e. The van der Waals surface area contributed by atoms with E-state index in [1.165, 1.54) is 176 Å². The van der Waals surface area contributed by atoms with Gasteiger partial charge in [-0.2, -0.15) is 0 Å². The summed E-state index contributed by atoms with van der Waals surface area (Å²) in [5.41, 5.74) is 56.1. The molecule has 0 aliphatic heterocycles. The normalized spacial score (nSPS) is 10.0. The maximum Gasteiger partial charge on any atom is 0.335 e. The summed E-state index contributed by atoms with van der Waals surface area (Å²) >= 11 is 0. The minimum atomic E-state index is -0.489. The molecule has 10 nitrogen and oxygen atoms in total. The van der Waals surface area contributed by atoms with Crippen LogP contribution in [0.5, 0.6) is 23.0 Å². The summed E-state index contributed by atoms with van der Waals surface area (Å²) in [5, 5.41) is 0. The van der Waals surface area contributed by atoms with Gasteiger partial charge >= 0.3 is 11.9 Å². The van der Waals surface area contributed by atoms with E-state index >= 15 is 0 Å². The van der Waals surface area contributed by atoms with Crippen LogP contribution >= 0.6 is 0 Å². The molecule has 132 heavy (non-hydrogen) atoms. The molecule has 712 valence electrons. The summed E-state index contributed by atoms with van der Waals surface area (Å²) in [4.78, 5) is 43.5. The van der Waals surface area contributed by atoms with Crippen molar-refractivity contribution in [1.82, 2.24) is 0 Å². The highest BCUT2D eigenvalue weighted by Crippen LogP contribution is 2.39. The monoisotopic (exact) mass is 1790 g/mol. The molecule has 0 spiro atoms. The van der Waals surface area contributed by atoms with Crippen molar-refractivity contribution in [3.8, 4) is 70.9 Å². The molecule has 0 aliphatic carbocycles. The van der Waals surface area contributed by atoms with Crippen LogP contribution in [-0.2, 0) is 41.5 Å². The standard InChI is InChI=1S/C32H38O6.C26H34O.C25H32.C14H18O.C12H18.2C5H8O.C3H8/c1-17(2)31(33)37-15-35-29-23(9)19(5)27(20(6)24(29)10)13-14-28-21(7)25(11)30(26(12)22(28)8)36-16-38-32(34)18(3)4;1-11-23-15(3)17(5)24(18(6)16(23)4)13-14-25-19(7)21(9)26(27-12-2)22(10)20(25)8;1-11-23-19(7)21(9)25(22(10)20(23)8)13-12-24-17(5)15(3)14(2)16(4)18(24)6;1-7-13-9(3)11(5)14(15-8-2)12(6)10(13)4;1-7-8(2)10(4)12(6)11(5)9(7)3;2*1-4(2)5(3)6;1-3-2/h1,3,15-16H2,2,4-12H3;11-12H2,1-10H3;11H2,1-10H3;1H,8H2,2-6H3;1-6H3;2*1H2,2-3H3;3H2,1-2H3. The first kappa shape index (κ1) is 118. The maximum atomic E-state index is 11.7. The number of benzene rings is 8. The van der Waals surface area contributed by atoms with Crippen LogP contribution in [0.2, 0.25) is 0 Å². The van der Waals surface area contributed by atoms with Gasteiger partial charge < -0.3 is 28.4 Å². The molecule has 0 aliphatic rings. The highest BCUT2D eigenvalue weighted by atomic mass is 16.7. The number of carbonyl (C=O) groups excluding carboxylic acids is 4. The number of allylic oxidation sites excluding steroid dienone is 2. The Morgan fingerprint density at radius 3 is 0.515 bits per heavy atom. The summed E-state index contributed by atoms with van der Waals surface area (Å²) in [6, 6.07) is 0. The first-order valence-electron chi connectivity index (χ1n) is 46.4. The molecule has 10 heteroatoms. The van der Waals surface area contributed by atoms with Crippen molar-refractivity contribution in [2.24, 2.45) is 0 Å². The van der Waals surface area contributed by atoms with Gasteiger partial charge in [0.25, 0.3) is 0 Å². The molecular weight excluding hydrogens is 1630 g/mol. The van der Waals surface area contributed by atoms with Crippen molar-refractivity contribution in [2.45, 2.75) is 345 Å². The smallest absolute Gasteiger partial charge is 0.335 e. The third-order valence-electron chi connectivity index (χ3n) is 27.2. The lowest BCUT2D eigenvalue weighted by Gasteiger charge is -2.19. The Morgan fingerprint density at radius 2 is 0.371 bits per heavy atom. The van der Waals surface area contributed by atoms with E-state index in [0.29, 0.717) is 47.0 Å². The Morgan fingerprint density at radius 1 is 0.227 bits per heavy atom. The number of esters is 2. The van der Waals surface area contributed by atoms with Crippen molar-refractivity contribution in [2.75, 3.05) is 26.8 Å². The fraction of sp³-hybridized carbons (Fsp3) is 0.443. The lowest BCUT2D eigenvalue weighted by Crippen LogP contribution is -2.13. The number of ketones is 2. The van der Waals surface area contributed by atoms with Crippen LogP contribution in [0.15, 0.2) is 48.6 Å². The Hall–Kier alpha value is -11.6. The van der Waals surface area contributed by atoms with Gasteiger partial charge in [0.15, 0.2) is 11.6 Å². The van der Waals surface area contributed by atoms with Crippen LogP contribution in [0, 0.1) is 290 Å². The largest absolute Gasteiger partial charge is 0.493 e. The van der Waals surface area contributed by atoms with Crippen molar-refractivity contribution in [3.63, 3.8) is 0 Å². The fourth-order valence-electron chi connectivity index (χ4n) is 15.5. The van der Waals surface area contributed by atoms with E-state index in [2.05, 4.69) is 282 Å². The second-order valence-electron chi connectivity index (χ2n) is 35.6. The van der Waals surface area contributed by atoms with Gasteiger partial charge in [0.05, 0.1) is 13.2 Å². The molecule has 8 rings (SSSR count). The van der Waals surface area contributed by atoms with Gasteiger partial charge in [-0.15, -0.1) is 6.42 Å². The zero-order chi connectivity index (χ0) is 102. The van der Waals surface area contributed by atoms with Crippen molar-refractivity contribution in [3.05, 3.63) is 293 Å². The van der Waals surface area contributed by atoms with Crippen LogP contribution in [-0.4, -0.2) is 50.3 Å². The topological polar surface area (TPSA) is 124 Å². The van der Waals surface area contributed by atoms with E-state index in [1.807, 2.05) is 69.2 Å². The molecule has 8 aromatic rings. The minimum absolute atomic E-state index is 0.0648. The molecule has 0 heterocycles. The van der Waals surface area contributed by atoms with Crippen LogP contribution in [0.4, 0.5) is 0 Å². The summed E-state index contributed by atoms with van der Waals surface area (Å²) in [6.45, 7) is 112. The predicted molar refractivity (Wildman–Crippen MR) is 564 cm³/mol. The van der Waals surface area contributed by atoms with E-state index in [4.69, 9.17) is 34.8 Å². The molecule has 0 N–H and O–H groups in total. The summed E-state index contributed by atoms with van der Waals surface area (Å²) < 4.78 is 33.4. The Bertz CT molecular complexity index is 5510. The van der Waals surface area contributed by atoms with Gasteiger partial charge in [-0.05, 0) is 528 Å². The molecule has 0 atom stereocenters. The molecule has 0 amide bonds. The molecule has 0 saturated heterocycles. The number of hydrogen-bond acceptors (Lipinski definition) is 10. The van der Waals surface area contributed by atoms with Crippen LogP contribution in [0.1, 0.15) is 334 Å². The molecular formula is C122H164O10. The van der Waals surface area contributed by atoms with Crippen molar-refractivity contribution >= 4 is 23.5 Å². The lowest BCUT2D eigenvalue weighted by molar-refractivity contribution is -0.146. The van der Waals surface area contributed by atoms with Crippen molar-refractivity contribution in [1.29, 1.82) is 0 Å².